The molecule has 0 rings (SSSR count). The van der Waals surface area contributed by atoms with Crippen molar-refractivity contribution in [3.05, 3.63) is 5.21 Å². The van der Waals surface area contributed by atoms with Crippen LogP contribution < -0.4 is 0 Å². The van der Waals surface area contributed by atoms with E-state index in [1.54, 1.807) is 13.8 Å². The van der Waals surface area contributed by atoms with Crippen LogP contribution in [0.4, 0.5) is 0 Å². The highest BCUT2D eigenvalue weighted by atomic mass is 16.5. The molecule has 3 nitrogen and oxygen atoms in total. The fourth-order valence-electron chi connectivity index (χ4n) is 0.695. The highest BCUT2D eigenvalue weighted by Crippen LogP contribution is 2.16. The van der Waals surface area contributed by atoms with Crippen LogP contribution in [0, 0.1) is 5.21 Å². The van der Waals surface area contributed by atoms with Crippen molar-refractivity contribution < 1.29 is 5.11 Å². The van der Waals surface area contributed by atoms with Crippen molar-refractivity contribution in [1.29, 1.82) is 0 Å². The van der Waals surface area contributed by atoms with Crippen molar-refractivity contribution >= 4 is 0 Å². The lowest BCUT2D eigenvalue weighted by atomic mass is 10.1. The molecule has 0 atom stereocenters. The van der Waals surface area contributed by atoms with Gasteiger partial charge in [0, 0.05) is 0 Å². The molecule has 0 aromatic heterocycles. The van der Waals surface area contributed by atoms with E-state index in [1.807, 2.05) is 0 Å². The topological polar surface area (TPSA) is 46.5 Å². The highest BCUT2D eigenvalue weighted by molar-refractivity contribution is 4.73. The maximum atomic E-state index is 10.6. The van der Waals surface area contributed by atoms with Gasteiger partial charge in [0.15, 0.2) is 0 Å². The molecule has 0 aromatic carbocycles. The first-order chi connectivity index (χ1) is 4.06. The minimum Gasteiger partial charge on any atom is -0.783 e. The zero-order chi connectivity index (χ0) is 7.49. The van der Waals surface area contributed by atoms with Gasteiger partial charge in [-0.05, 0) is 19.9 Å². The van der Waals surface area contributed by atoms with E-state index in [2.05, 4.69) is 0 Å². The summed E-state index contributed by atoms with van der Waals surface area (Å²) in [6, 6.07) is 0. The van der Waals surface area contributed by atoms with E-state index in [9.17, 15) is 10.3 Å². The third-order valence-corrected chi connectivity index (χ3v) is 1.72. The third-order valence-electron chi connectivity index (χ3n) is 1.72. The van der Waals surface area contributed by atoms with E-state index in [1.165, 1.54) is 7.05 Å². The summed E-state index contributed by atoms with van der Waals surface area (Å²) in [7, 11) is 1.34. The predicted molar refractivity (Wildman–Crippen MR) is 36.7 cm³/mol. The number of rotatable bonds is 3. The molecular formula is C6H14NO2-. The first-order valence-electron chi connectivity index (χ1n) is 3.20. The monoisotopic (exact) mass is 132 g/mol. The summed E-state index contributed by atoms with van der Waals surface area (Å²) >= 11 is 0. The number of nitrogens with zero attached hydrogens (tertiary/aromatic N) is 1. The van der Waals surface area contributed by atoms with Crippen LogP contribution in [0.2, 0.25) is 0 Å². The molecule has 56 valence electrons. The molecular weight excluding hydrogens is 118 g/mol. The summed E-state index contributed by atoms with van der Waals surface area (Å²) < 4.78 is 0. The van der Waals surface area contributed by atoms with Crippen LogP contribution >= 0.6 is 0 Å². The maximum Gasteiger partial charge on any atom is 0.106 e. The van der Waals surface area contributed by atoms with Gasteiger partial charge in [-0.1, -0.05) is 13.8 Å². The zero-order valence-corrected chi connectivity index (χ0v) is 6.22. The Morgan fingerprint density at radius 3 is 1.78 bits per heavy atom. The van der Waals surface area contributed by atoms with Gasteiger partial charge in [0.05, 0.1) is 0 Å². The largest absolute Gasteiger partial charge is 0.783 e. The van der Waals surface area contributed by atoms with Crippen molar-refractivity contribution in [2.45, 2.75) is 32.4 Å². The molecule has 1 N–H and O–H groups in total. The van der Waals surface area contributed by atoms with E-state index in [4.69, 9.17) is 0 Å². The molecule has 0 aliphatic heterocycles. The van der Waals surface area contributed by atoms with Crippen LogP contribution in [0.15, 0.2) is 0 Å². The van der Waals surface area contributed by atoms with Gasteiger partial charge in [-0.2, -0.15) is 0 Å². The molecule has 9 heavy (non-hydrogen) atoms. The summed E-state index contributed by atoms with van der Waals surface area (Å²) in [4.78, 5) is 0. The average molecular weight is 132 g/mol. The number of hydroxylamine groups is 2. The molecule has 0 fully saturated rings. The normalized spacial score (nSPS) is 12.7. The molecule has 3 heteroatoms. The first-order valence-corrected chi connectivity index (χ1v) is 3.20. The Bertz CT molecular complexity index is 79.1. The molecule has 0 amide bonds. The molecule has 0 saturated heterocycles. The minimum absolute atomic E-state index is 0.476. The fourth-order valence-corrected chi connectivity index (χ4v) is 0.695. The van der Waals surface area contributed by atoms with Gasteiger partial charge >= 0.3 is 0 Å². The molecule has 0 unspecified atom stereocenters. The molecule has 0 spiro atoms. The van der Waals surface area contributed by atoms with Crippen LogP contribution in [0.5, 0.6) is 0 Å². The zero-order valence-electron chi connectivity index (χ0n) is 6.22. The fraction of sp³-hybridized carbons (Fsp3) is 1.00. The van der Waals surface area contributed by atoms with Gasteiger partial charge in [-0.25, -0.2) is 0 Å². The van der Waals surface area contributed by atoms with E-state index in [0.717, 1.165) is 0 Å². The van der Waals surface area contributed by atoms with Crippen molar-refractivity contribution in [2.75, 3.05) is 7.05 Å². The van der Waals surface area contributed by atoms with E-state index in [0.29, 0.717) is 17.9 Å². The lowest BCUT2D eigenvalue weighted by Crippen LogP contribution is -2.41. The minimum atomic E-state index is -1.14. The number of hydrogen-bond acceptors (Lipinski definition) is 3. The summed E-state index contributed by atoms with van der Waals surface area (Å²) in [5.74, 6) is 0. The summed E-state index contributed by atoms with van der Waals surface area (Å²) in [5, 5.41) is 20.5. The van der Waals surface area contributed by atoms with Crippen molar-refractivity contribution in [3.8, 4) is 0 Å². The lowest BCUT2D eigenvalue weighted by molar-refractivity contribution is -0.0759. The Kier molecular flexibility index (Phi) is 3.11. The van der Waals surface area contributed by atoms with Crippen LogP contribution in [0.25, 0.3) is 0 Å². The molecule has 0 aliphatic rings. The molecule has 0 bridgehead atoms. The third kappa shape index (κ3) is 1.93. The van der Waals surface area contributed by atoms with Crippen LogP contribution in [-0.2, 0) is 0 Å². The maximum absolute atomic E-state index is 10.6. The quantitative estimate of drug-likeness (QED) is 0.459. The smallest absolute Gasteiger partial charge is 0.106 e. The first kappa shape index (κ1) is 8.88. The van der Waals surface area contributed by atoms with E-state index >= 15 is 0 Å². The van der Waals surface area contributed by atoms with Gasteiger partial charge in [-0.3, -0.25) is 0 Å². The second-order valence-electron chi connectivity index (χ2n) is 2.19. The molecule has 0 radical (unpaired) electrons. The Hall–Kier alpha value is -0.120. The van der Waals surface area contributed by atoms with Gasteiger partial charge in [0.25, 0.3) is 0 Å². The van der Waals surface area contributed by atoms with Gasteiger partial charge < -0.3 is 15.4 Å². The Morgan fingerprint density at radius 2 is 1.78 bits per heavy atom. The average Bonchev–Trinajstić information content (AvgIpc) is 1.86. The van der Waals surface area contributed by atoms with Gasteiger partial charge in [-0.15, -0.1) is 0 Å². The predicted octanol–water partition coefficient (Wildman–Crippen LogP) is 0.925. The second kappa shape index (κ2) is 3.15. The van der Waals surface area contributed by atoms with E-state index < -0.39 is 5.72 Å². The van der Waals surface area contributed by atoms with Crippen molar-refractivity contribution in [3.63, 3.8) is 0 Å². The highest BCUT2D eigenvalue weighted by Gasteiger charge is 2.20. The summed E-state index contributed by atoms with van der Waals surface area (Å²) in [5.41, 5.74) is -1.14. The molecule has 0 aliphatic carbocycles. The van der Waals surface area contributed by atoms with Crippen LogP contribution in [0.3, 0.4) is 0 Å². The number of hydrogen-bond donors (Lipinski definition) is 1. The Morgan fingerprint density at radius 1 is 1.44 bits per heavy atom. The molecule has 0 saturated carbocycles. The summed E-state index contributed by atoms with van der Waals surface area (Å²) in [6.45, 7) is 3.58. The van der Waals surface area contributed by atoms with Crippen LogP contribution in [-0.4, -0.2) is 22.9 Å². The lowest BCUT2D eigenvalue weighted by Gasteiger charge is -2.40. The van der Waals surface area contributed by atoms with Gasteiger partial charge in [0.1, 0.15) is 5.72 Å². The summed E-state index contributed by atoms with van der Waals surface area (Å²) in [6.07, 6.45) is 0.951. The standard InChI is InChI=1S/C6H14NO2/c1-4-6(8,5-2)7(3)9/h8H,4-5H2,1-3H3/q-1. The second-order valence-corrected chi connectivity index (χ2v) is 2.19. The molecule has 0 heterocycles. The molecule has 0 aromatic rings. The SMILES string of the molecule is CCC(O)(CC)N(C)[O-]. The van der Waals surface area contributed by atoms with Crippen molar-refractivity contribution in [1.82, 2.24) is 5.06 Å². The van der Waals surface area contributed by atoms with Crippen LogP contribution in [0.1, 0.15) is 26.7 Å². The van der Waals surface area contributed by atoms with Gasteiger partial charge in [0.2, 0.25) is 0 Å². The Balaban J connectivity index is 3.92. The van der Waals surface area contributed by atoms with E-state index in [-0.39, 0.29) is 0 Å². The van der Waals surface area contributed by atoms with Crippen molar-refractivity contribution in [2.24, 2.45) is 0 Å². The Labute approximate surface area is 55.9 Å². The number of aliphatic hydroxyl groups is 1.